The second-order valence-electron chi connectivity index (χ2n) is 3.80. The van der Waals surface area contributed by atoms with Gasteiger partial charge in [-0.25, -0.2) is 9.97 Å². The Kier molecular flexibility index (Phi) is 4.35. The van der Waals surface area contributed by atoms with Gasteiger partial charge in [-0.05, 0) is 24.3 Å². The van der Waals surface area contributed by atoms with Gasteiger partial charge in [0.05, 0.1) is 0 Å². The molecule has 2 N–H and O–H groups in total. The average molecular weight is 274 g/mol. The third kappa shape index (κ3) is 3.96. The standard InChI is InChI=1S/C13H14N4OS/c1-9(18)17-10-3-5-11(6-4-10)19-13-7-12(14-2)15-8-16-13/h3-8H,1-2H3,(H,17,18)(H,14,15,16). The van der Waals surface area contributed by atoms with E-state index >= 15 is 0 Å². The Bertz CT molecular complexity index is 571. The summed E-state index contributed by atoms with van der Waals surface area (Å²) in [7, 11) is 1.82. The van der Waals surface area contributed by atoms with Crippen LogP contribution in [0.25, 0.3) is 0 Å². The SMILES string of the molecule is CNc1cc(Sc2ccc(NC(C)=O)cc2)ncn1. The number of carbonyl (C=O) groups excluding carboxylic acids is 1. The fraction of sp³-hybridized carbons (Fsp3) is 0.154. The van der Waals surface area contributed by atoms with Crippen molar-refractivity contribution >= 4 is 29.2 Å². The van der Waals surface area contributed by atoms with E-state index in [0.29, 0.717) is 0 Å². The van der Waals surface area contributed by atoms with Crippen LogP contribution in [0.3, 0.4) is 0 Å². The minimum Gasteiger partial charge on any atom is -0.373 e. The first-order valence-corrected chi connectivity index (χ1v) is 6.54. The van der Waals surface area contributed by atoms with E-state index in [9.17, 15) is 4.79 Å². The van der Waals surface area contributed by atoms with Crippen molar-refractivity contribution in [2.24, 2.45) is 0 Å². The lowest BCUT2D eigenvalue weighted by molar-refractivity contribution is -0.114. The number of nitrogens with one attached hydrogen (secondary N) is 2. The summed E-state index contributed by atoms with van der Waals surface area (Å²) in [5.41, 5.74) is 0.787. The van der Waals surface area contributed by atoms with Gasteiger partial charge in [0, 0.05) is 30.6 Å². The van der Waals surface area contributed by atoms with E-state index in [2.05, 4.69) is 20.6 Å². The monoisotopic (exact) mass is 274 g/mol. The van der Waals surface area contributed by atoms with Gasteiger partial charge in [-0.15, -0.1) is 0 Å². The highest BCUT2D eigenvalue weighted by molar-refractivity contribution is 7.99. The number of nitrogens with zero attached hydrogens (tertiary/aromatic N) is 2. The van der Waals surface area contributed by atoms with E-state index in [4.69, 9.17) is 0 Å². The maximum atomic E-state index is 10.9. The van der Waals surface area contributed by atoms with Crippen molar-refractivity contribution in [1.82, 2.24) is 9.97 Å². The van der Waals surface area contributed by atoms with E-state index in [1.54, 1.807) is 11.8 Å². The van der Waals surface area contributed by atoms with Gasteiger partial charge in [-0.3, -0.25) is 4.79 Å². The van der Waals surface area contributed by atoms with Crippen LogP contribution in [-0.2, 0) is 4.79 Å². The molecule has 0 spiro atoms. The molecular formula is C13H14N4OS. The highest BCUT2D eigenvalue weighted by atomic mass is 32.2. The van der Waals surface area contributed by atoms with E-state index in [1.807, 2.05) is 37.4 Å². The Morgan fingerprint density at radius 3 is 2.58 bits per heavy atom. The first-order valence-electron chi connectivity index (χ1n) is 5.72. The fourth-order valence-electron chi connectivity index (χ4n) is 1.46. The summed E-state index contributed by atoms with van der Waals surface area (Å²) >= 11 is 1.54. The van der Waals surface area contributed by atoms with Crippen molar-refractivity contribution in [3.05, 3.63) is 36.7 Å². The number of aromatic nitrogens is 2. The van der Waals surface area contributed by atoms with Crippen LogP contribution in [0.15, 0.2) is 46.6 Å². The smallest absolute Gasteiger partial charge is 0.221 e. The molecule has 19 heavy (non-hydrogen) atoms. The molecule has 1 aromatic carbocycles. The predicted octanol–water partition coefficient (Wildman–Crippen LogP) is 2.63. The number of anilines is 2. The third-order valence-electron chi connectivity index (χ3n) is 2.30. The first kappa shape index (κ1) is 13.4. The highest BCUT2D eigenvalue weighted by Gasteiger charge is 2.01. The Morgan fingerprint density at radius 2 is 1.95 bits per heavy atom. The van der Waals surface area contributed by atoms with Crippen molar-refractivity contribution in [2.45, 2.75) is 16.8 Å². The summed E-state index contributed by atoms with van der Waals surface area (Å²) in [6, 6.07) is 9.49. The van der Waals surface area contributed by atoms with Crippen LogP contribution >= 0.6 is 11.8 Å². The van der Waals surface area contributed by atoms with Crippen molar-refractivity contribution in [1.29, 1.82) is 0 Å². The van der Waals surface area contributed by atoms with Gasteiger partial charge in [0.2, 0.25) is 5.91 Å². The predicted molar refractivity (Wildman–Crippen MR) is 76.4 cm³/mol. The topological polar surface area (TPSA) is 66.9 Å². The summed E-state index contributed by atoms with van der Waals surface area (Å²) in [6.45, 7) is 1.49. The largest absolute Gasteiger partial charge is 0.373 e. The molecular weight excluding hydrogens is 260 g/mol. The molecule has 1 aromatic heterocycles. The van der Waals surface area contributed by atoms with Crippen molar-refractivity contribution in [3.63, 3.8) is 0 Å². The van der Waals surface area contributed by atoms with E-state index in [-0.39, 0.29) is 5.91 Å². The summed E-state index contributed by atoms with van der Waals surface area (Å²) in [5.74, 6) is 0.710. The van der Waals surface area contributed by atoms with Gasteiger partial charge < -0.3 is 10.6 Å². The average Bonchev–Trinajstić information content (AvgIpc) is 2.41. The Hall–Kier alpha value is -2.08. The molecule has 0 aliphatic heterocycles. The Balaban J connectivity index is 2.08. The molecule has 0 saturated carbocycles. The molecule has 0 unspecified atom stereocenters. The van der Waals surface area contributed by atoms with Crippen molar-refractivity contribution in [2.75, 3.05) is 17.7 Å². The normalized spacial score (nSPS) is 10.0. The van der Waals surface area contributed by atoms with E-state index < -0.39 is 0 Å². The van der Waals surface area contributed by atoms with Crippen LogP contribution in [0.4, 0.5) is 11.5 Å². The molecule has 5 nitrogen and oxygen atoms in total. The minimum absolute atomic E-state index is 0.0742. The Labute approximate surface area is 115 Å². The summed E-state index contributed by atoms with van der Waals surface area (Å²) in [4.78, 5) is 20.2. The maximum absolute atomic E-state index is 10.9. The van der Waals surface area contributed by atoms with Gasteiger partial charge in [0.25, 0.3) is 0 Å². The summed E-state index contributed by atoms with van der Waals surface area (Å²) in [5, 5.41) is 6.57. The van der Waals surface area contributed by atoms with Crippen LogP contribution in [0, 0.1) is 0 Å². The quantitative estimate of drug-likeness (QED) is 0.839. The molecule has 2 rings (SSSR count). The minimum atomic E-state index is -0.0742. The van der Waals surface area contributed by atoms with Gasteiger partial charge in [0.1, 0.15) is 17.2 Å². The molecule has 6 heteroatoms. The molecule has 98 valence electrons. The van der Waals surface area contributed by atoms with E-state index in [1.165, 1.54) is 13.3 Å². The van der Waals surface area contributed by atoms with Crippen LogP contribution < -0.4 is 10.6 Å². The van der Waals surface area contributed by atoms with E-state index in [0.717, 1.165) is 21.4 Å². The van der Waals surface area contributed by atoms with Gasteiger partial charge in [0.15, 0.2) is 0 Å². The van der Waals surface area contributed by atoms with Crippen molar-refractivity contribution < 1.29 is 4.79 Å². The zero-order chi connectivity index (χ0) is 13.7. The van der Waals surface area contributed by atoms with Gasteiger partial charge in [-0.2, -0.15) is 0 Å². The second-order valence-corrected chi connectivity index (χ2v) is 4.89. The summed E-state index contributed by atoms with van der Waals surface area (Å²) < 4.78 is 0. The lowest BCUT2D eigenvalue weighted by Gasteiger charge is -2.05. The molecule has 1 heterocycles. The Morgan fingerprint density at radius 1 is 1.21 bits per heavy atom. The molecule has 0 fully saturated rings. The number of carbonyl (C=O) groups is 1. The lowest BCUT2D eigenvalue weighted by Crippen LogP contribution is -2.05. The molecule has 0 aliphatic rings. The molecule has 0 radical (unpaired) electrons. The number of rotatable bonds is 4. The van der Waals surface area contributed by atoms with Gasteiger partial charge >= 0.3 is 0 Å². The number of amides is 1. The van der Waals surface area contributed by atoms with Crippen molar-refractivity contribution in [3.8, 4) is 0 Å². The summed E-state index contributed by atoms with van der Waals surface area (Å²) in [6.07, 6.45) is 1.53. The van der Waals surface area contributed by atoms with Crippen LogP contribution in [0.5, 0.6) is 0 Å². The fourth-order valence-corrected chi connectivity index (χ4v) is 2.25. The number of hydrogen-bond donors (Lipinski definition) is 2. The second kappa shape index (κ2) is 6.19. The highest BCUT2D eigenvalue weighted by Crippen LogP contribution is 2.27. The molecule has 1 amide bonds. The zero-order valence-electron chi connectivity index (χ0n) is 10.7. The lowest BCUT2D eigenvalue weighted by atomic mass is 10.3. The first-order chi connectivity index (χ1) is 9.17. The molecule has 0 aliphatic carbocycles. The number of benzene rings is 1. The molecule has 0 bridgehead atoms. The third-order valence-corrected chi connectivity index (χ3v) is 3.24. The molecule has 0 atom stereocenters. The molecule has 2 aromatic rings. The van der Waals surface area contributed by atoms with Crippen LogP contribution in [-0.4, -0.2) is 22.9 Å². The van der Waals surface area contributed by atoms with Gasteiger partial charge in [-0.1, -0.05) is 11.8 Å². The number of hydrogen-bond acceptors (Lipinski definition) is 5. The van der Waals surface area contributed by atoms with Crippen LogP contribution in [0.1, 0.15) is 6.92 Å². The molecule has 0 saturated heterocycles. The maximum Gasteiger partial charge on any atom is 0.221 e. The van der Waals surface area contributed by atoms with Crippen LogP contribution in [0.2, 0.25) is 0 Å². The zero-order valence-corrected chi connectivity index (χ0v) is 11.5.